The van der Waals surface area contributed by atoms with Gasteiger partial charge in [-0.15, -0.1) is 0 Å². The first-order valence-corrected chi connectivity index (χ1v) is 9.49. The average molecular weight is 367 g/mol. The second-order valence-corrected chi connectivity index (χ2v) is 7.56. The van der Waals surface area contributed by atoms with E-state index in [-0.39, 0.29) is 23.3 Å². The molecular formula is C21H25N3O3. The lowest BCUT2D eigenvalue weighted by molar-refractivity contribution is -0.121. The molecule has 27 heavy (non-hydrogen) atoms. The summed E-state index contributed by atoms with van der Waals surface area (Å²) in [6.45, 7) is 2.48. The minimum absolute atomic E-state index is 0.0436. The first-order valence-electron chi connectivity index (χ1n) is 9.49. The van der Waals surface area contributed by atoms with E-state index in [2.05, 4.69) is 15.5 Å². The SMILES string of the molecule is CNC(=O)c1ccc(CN2CCC3(CC2)C[C@@H](c2ccccc2)C(=O)N3)o1. The van der Waals surface area contributed by atoms with Gasteiger partial charge in [-0.3, -0.25) is 14.5 Å². The van der Waals surface area contributed by atoms with Gasteiger partial charge in [0.1, 0.15) is 5.76 Å². The number of furan rings is 1. The number of benzene rings is 1. The second kappa shape index (κ2) is 7.19. The lowest BCUT2D eigenvalue weighted by Crippen LogP contribution is -2.50. The molecule has 1 aromatic carbocycles. The molecule has 0 aliphatic carbocycles. The highest BCUT2D eigenvalue weighted by Gasteiger charge is 2.46. The molecule has 2 aromatic rings. The van der Waals surface area contributed by atoms with E-state index in [1.165, 1.54) is 0 Å². The van der Waals surface area contributed by atoms with Crippen LogP contribution in [0.1, 0.15) is 47.1 Å². The molecule has 6 nitrogen and oxygen atoms in total. The monoisotopic (exact) mass is 367 g/mol. The molecule has 2 amide bonds. The zero-order valence-electron chi connectivity index (χ0n) is 15.5. The first-order chi connectivity index (χ1) is 13.1. The fraction of sp³-hybridized carbons (Fsp3) is 0.429. The maximum Gasteiger partial charge on any atom is 0.286 e. The van der Waals surface area contributed by atoms with E-state index in [1.54, 1.807) is 13.1 Å². The van der Waals surface area contributed by atoms with Crippen molar-refractivity contribution in [3.8, 4) is 0 Å². The number of rotatable bonds is 4. The van der Waals surface area contributed by atoms with Crippen LogP contribution in [0.4, 0.5) is 0 Å². The van der Waals surface area contributed by atoms with Crippen LogP contribution in [-0.2, 0) is 11.3 Å². The molecule has 4 rings (SSSR count). The van der Waals surface area contributed by atoms with E-state index in [1.807, 2.05) is 36.4 Å². The largest absolute Gasteiger partial charge is 0.455 e. The lowest BCUT2D eigenvalue weighted by Gasteiger charge is -2.39. The van der Waals surface area contributed by atoms with Gasteiger partial charge in [-0.1, -0.05) is 30.3 Å². The number of nitrogens with zero attached hydrogens (tertiary/aromatic N) is 1. The molecule has 1 spiro atoms. The Bertz CT molecular complexity index is 822. The smallest absolute Gasteiger partial charge is 0.286 e. The Morgan fingerprint density at radius 2 is 1.96 bits per heavy atom. The van der Waals surface area contributed by atoms with Crippen molar-refractivity contribution in [2.75, 3.05) is 20.1 Å². The zero-order chi connectivity index (χ0) is 18.9. The standard InChI is InChI=1S/C21H25N3O3/c1-22-20(26)18-8-7-16(27-18)14-24-11-9-21(10-12-24)13-17(19(25)23-21)15-5-3-2-4-6-15/h2-8,17H,9-14H2,1H3,(H,22,26)(H,23,25)/t17-/m0/s1. The summed E-state index contributed by atoms with van der Waals surface area (Å²) in [5, 5.41) is 5.85. The summed E-state index contributed by atoms with van der Waals surface area (Å²) in [4.78, 5) is 26.5. The molecule has 1 aromatic heterocycles. The number of carbonyl (C=O) groups is 2. The van der Waals surface area contributed by atoms with Gasteiger partial charge in [-0.2, -0.15) is 0 Å². The molecule has 2 fully saturated rings. The van der Waals surface area contributed by atoms with Crippen molar-refractivity contribution in [1.82, 2.24) is 15.5 Å². The van der Waals surface area contributed by atoms with Crippen LogP contribution in [0.15, 0.2) is 46.9 Å². The summed E-state index contributed by atoms with van der Waals surface area (Å²) in [6, 6.07) is 13.6. The van der Waals surface area contributed by atoms with Crippen LogP contribution in [0.25, 0.3) is 0 Å². The topological polar surface area (TPSA) is 74.6 Å². The molecule has 6 heteroatoms. The summed E-state index contributed by atoms with van der Waals surface area (Å²) < 4.78 is 5.62. The van der Waals surface area contributed by atoms with Crippen molar-refractivity contribution in [2.45, 2.75) is 37.3 Å². The number of amides is 2. The third-order valence-electron chi connectivity index (χ3n) is 5.81. The highest BCUT2D eigenvalue weighted by molar-refractivity contribution is 5.91. The minimum atomic E-state index is -0.209. The molecule has 142 valence electrons. The Morgan fingerprint density at radius 3 is 2.67 bits per heavy atom. The Kier molecular flexibility index (Phi) is 4.74. The van der Waals surface area contributed by atoms with Gasteiger partial charge < -0.3 is 15.1 Å². The Labute approximate surface area is 158 Å². The maximum atomic E-state index is 12.5. The molecule has 0 bridgehead atoms. The third kappa shape index (κ3) is 3.62. The van der Waals surface area contributed by atoms with Crippen LogP contribution in [0.5, 0.6) is 0 Å². The average Bonchev–Trinajstić information content (AvgIpc) is 3.29. The van der Waals surface area contributed by atoms with Crippen molar-refractivity contribution in [3.63, 3.8) is 0 Å². The van der Waals surface area contributed by atoms with Gasteiger partial charge in [0.05, 0.1) is 12.5 Å². The molecule has 0 radical (unpaired) electrons. The van der Waals surface area contributed by atoms with Gasteiger partial charge in [0.2, 0.25) is 5.91 Å². The third-order valence-corrected chi connectivity index (χ3v) is 5.81. The summed E-state index contributed by atoms with van der Waals surface area (Å²) >= 11 is 0. The fourth-order valence-corrected chi connectivity index (χ4v) is 4.23. The van der Waals surface area contributed by atoms with E-state index >= 15 is 0 Å². The second-order valence-electron chi connectivity index (χ2n) is 7.56. The zero-order valence-corrected chi connectivity index (χ0v) is 15.5. The minimum Gasteiger partial charge on any atom is -0.455 e. The van der Waals surface area contributed by atoms with Crippen LogP contribution in [0.2, 0.25) is 0 Å². The number of hydrogen-bond acceptors (Lipinski definition) is 4. The number of hydrogen-bond donors (Lipinski definition) is 2. The molecular weight excluding hydrogens is 342 g/mol. The number of likely N-dealkylation sites (tertiary alicyclic amines) is 1. The molecule has 2 N–H and O–H groups in total. The van der Waals surface area contributed by atoms with Crippen LogP contribution >= 0.6 is 0 Å². The fourth-order valence-electron chi connectivity index (χ4n) is 4.23. The lowest BCUT2D eigenvalue weighted by atomic mass is 9.82. The van der Waals surface area contributed by atoms with Crippen molar-refractivity contribution < 1.29 is 14.0 Å². The van der Waals surface area contributed by atoms with Gasteiger partial charge in [-0.25, -0.2) is 0 Å². The van der Waals surface area contributed by atoms with Crippen LogP contribution in [0, 0.1) is 0 Å². The van der Waals surface area contributed by atoms with Crippen molar-refractivity contribution in [3.05, 3.63) is 59.5 Å². The van der Waals surface area contributed by atoms with E-state index in [4.69, 9.17) is 4.42 Å². The highest BCUT2D eigenvalue weighted by Crippen LogP contribution is 2.39. The molecule has 3 heterocycles. The van der Waals surface area contributed by atoms with Crippen LogP contribution in [0.3, 0.4) is 0 Å². The van der Waals surface area contributed by atoms with Gasteiger partial charge in [0.15, 0.2) is 5.76 Å². The molecule has 2 aliphatic heterocycles. The normalized spacial score (nSPS) is 22.0. The van der Waals surface area contributed by atoms with Crippen LogP contribution in [-0.4, -0.2) is 42.4 Å². The molecule has 0 saturated carbocycles. The Balaban J connectivity index is 1.36. The van der Waals surface area contributed by atoms with Gasteiger partial charge in [0.25, 0.3) is 5.91 Å². The molecule has 0 unspecified atom stereocenters. The van der Waals surface area contributed by atoms with Crippen molar-refractivity contribution in [1.29, 1.82) is 0 Å². The number of nitrogens with one attached hydrogen (secondary N) is 2. The molecule has 1 atom stereocenters. The van der Waals surface area contributed by atoms with Crippen LogP contribution < -0.4 is 10.6 Å². The Hall–Kier alpha value is -2.60. The van der Waals surface area contributed by atoms with Crippen molar-refractivity contribution in [2.24, 2.45) is 0 Å². The number of piperidine rings is 1. The summed E-state index contributed by atoms with van der Waals surface area (Å²) in [5.74, 6) is 1.03. The number of carbonyl (C=O) groups excluding carboxylic acids is 2. The predicted molar refractivity (Wildman–Crippen MR) is 101 cm³/mol. The van der Waals surface area contributed by atoms with Gasteiger partial charge in [-0.05, 0) is 37.0 Å². The first kappa shape index (κ1) is 17.8. The Morgan fingerprint density at radius 1 is 1.22 bits per heavy atom. The van der Waals surface area contributed by atoms with E-state index in [0.29, 0.717) is 12.3 Å². The van der Waals surface area contributed by atoms with E-state index in [9.17, 15) is 9.59 Å². The molecule has 2 saturated heterocycles. The predicted octanol–water partition coefficient (Wildman–Crippen LogP) is 2.28. The van der Waals surface area contributed by atoms with E-state index in [0.717, 1.165) is 43.7 Å². The summed E-state index contributed by atoms with van der Waals surface area (Å²) in [6.07, 6.45) is 2.74. The molecule has 2 aliphatic rings. The quantitative estimate of drug-likeness (QED) is 0.869. The van der Waals surface area contributed by atoms with Gasteiger partial charge in [0, 0.05) is 25.7 Å². The summed E-state index contributed by atoms with van der Waals surface area (Å²) in [5.41, 5.74) is 1.01. The van der Waals surface area contributed by atoms with Crippen molar-refractivity contribution >= 4 is 11.8 Å². The highest BCUT2D eigenvalue weighted by atomic mass is 16.4. The van der Waals surface area contributed by atoms with Gasteiger partial charge >= 0.3 is 0 Å². The summed E-state index contributed by atoms with van der Waals surface area (Å²) in [7, 11) is 1.59. The van der Waals surface area contributed by atoms with E-state index < -0.39 is 0 Å². The maximum absolute atomic E-state index is 12.5.